The molecule has 2 aliphatic rings. The molecule has 0 spiro atoms. The van der Waals surface area contributed by atoms with E-state index in [1.165, 1.54) is 6.42 Å². The third-order valence-corrected chi connectivity index (χ3v) is 4.37. The molecule has 0 unspecified atom stereocenters. The maximum atomic E-state index is 6.29. The molecule has 1 aromatic rings. The molecule has 0 bridgehead atoms. The van der Waals surface area contributed by atoms with E-state index >= 15 is 0 Å². The van der Waals surface area contributed by atoms with Crippen LogP contribution in [0.2, 0.25) is 5.02 Å². The fourth-order valence-corrected chi connectivity index (χ4v) is 2.87. The molecule has 0 amide bonds. The van der Waals surface area contributed by atoms with Gasteiger partial charge in [-0.2, -0.15) is 0 Å². The number of likely N-dealkylation sites (N-methyl/N-ethyl adjacent to an activating group) is 1. The Balaban J connectivity index is 1.73. The fraction of sp³-hybridized carbons (Fsp3) is 0.571. The van der Waals surface area contributed by atoms with Gasteiger partial charge in [0.1, 0.15) is 11.9 Å². The van der Waals surface area contributed by atoms with Crippen molar-refractivity contribution in [3.8, 4) is 5.75 Å². The molecule has 2 fully saturated rings. The van der Waals surface area contributed by atoms with Crippen LogP contribution in [0, 0.1) is 0 Å². The predicted molar refractivity (Wildman–Crippen MR) is 73.1 cm³/mol. The summed E-state index contributed by atoms with van der Waals surface area (Å²) in [6.07, 6.45) is 3.59. The zero-order chi connectivity index (χ0) is 12.8. The van der Waals surface area contributed by atoms with Gasteiger partial charge in [-0.3, -0.25) is 4.90 Å². The number of halogens is 1. The highest BCUT2D eigenvalue weighted by Gasteiger charge is 2.34. The van der Waals surface area contributed by atoms with Gasteiger partial charge in [-0.25, -0.2) is 0 Å². The predicted octanol–water partition coefficient (Wildman–Crippen LogP) is 2.37. The molecule has 1 saturated heterocycles. The Hall–Kier alpha value is -0.770. The highest BCUT2D eigenvalue weighted by atomic mass is 35.5. The first kappa shape index (κ1) is 12.3. The number of nitrogens with zero attached hydrogens (tertiary/aromatic N) is 1. The van der Waals surface area contributed by atoms with Crippen LogP contribution in [-0.2, 0) is 5.54 Å². The number of rotatable bonds is 3. The van der Waals surface area contributed by atoms with Crippen LogP contribution in [0.5, 0.6) is 5.75 Å². The van der Waals surface area contributed by atoms with E-state index in [-0.39, 0.29) is 11.6 Å². The summed E-state index contributed by atoms with van der Waals surface area (Å²) < 4.78 is 5.86. The first-order chi connectivity index (χ1) is 8.57. The minimum atomic E-state index is -0.154. The number of hydrogen-bond donors (Lipinski definition) is 1. The largest absolute Gasteiger partial charge is 0.486 e. The first-order valence-electron chi connectivity index (χ1n) is 6.51. The van der Waals surface area contributed by atoms with Crippen LogP contribution in [0.15, 0.2) is 18.2 Å². The zero-order valence-electron chi connectivity index (χ0n) is 10.7. The van der Waals surface area contributed by atoms with Crippen molar-refractivity contribution < 1.29 is 4.74 Å². The number of likely N-dealkylation sites (tertiary alicyclic amines) is 1. The van der Waals surface area contributed by atoms with E-state index in [2.05, 4.69) is 18.0 Å². The molecule has 0 atom stereocenters. The van der Waals surface area contributed by atoms with E-state index in [1.807, 2.05) is 12.1 Å². The Kier molecular flexibility index (Phi) is 3.00. The summed E-state index contributed by atoms with van der Waals surface area (Å²) in [6.45, 7) is 1.94. The van der Waals surface area contributed by atoms with E-state index in [0.717, 1.165) is 37.2 Å². The molecular formula is C14H19ClN2O. The molecule has 3 nitrogen and oxygen atoms in total. The van der Waals surface area contributed by atoms with Crippen molar-refractivity contribution >= 4 is 11.6 Å². The Bertz CT molecular complexity index is 453. The molecule has 0 radical (unpaired) electrons. The van der Waals surface area contributed by atoms with E-state index in [9.17, 15) is 0 Å². The summed E-state index contributed by atoms with van der Waals surface area (Å²) >= 11 is 6.28. The quantitative estimate of drug-likeness (QED) is 0.913. The number of nitrogens with two attached hydrogens (primary N) is 1. The van der Waals surface area contributed by atoms with Gasteiger partial charge in [-0.1, -0.05) is 17.7 Å². The lowest BCUT2D eigenvalue weighted by Crippen LogP contribution is -2.51. The molecule has 18 heavy (non-hydrogen) atoms. The molecule has 0 aromatic heterocycles. The van der Waals surface area contributed by atoms with Crippen LogP contribution < -0.4 is 10.5 Å². The first-order valence-corrected chi connectivity index (χ1v) is 6.89. The molecule has 1 aliphatic carbocycles. The lowest BCUT2D eigenvalue weighted by molar-refractivity contribution is 0.0388. The number of benzene rings is 1. The minimum absolute atomic E-state index is 0.154. The Morgan fingerprint density at radius 3 is 2.61 bits per heavy atom. The summed E-state index contributed by atoms with van der Waals surface area (Å²) in [5.74, 6) is 0.779. The van der Waals surface area contributed by atoms with Gasteiger partial charge in [0.2, 0.25) is 0 Å². The standard InChI is InChI=1S/C14H19ClN2O/c1-17-8-11(9-17)18-13-4-3-10(7-12(13)15)14(16)5-2-6-14/h3-4,7,11H,2,5-6,8-9,16H2,1H3. The smallest absolute Gasteiger partial charge is 0.138 e. The van der Waals surface area contributed by atoms with Crippen molar-refractivity contribution in [2.24, 2.45) is 5.73 Å². The van der Waals surface area contributed by atoms with Gasteiger partial charge in [-0.05, 0) is 44.0 Å². The molecule has 3 rings (SSSR count). The SMILES string of the molecule is CN1CC(Oc2ccc(C3(N)CCC3)cc2Cl)C1. The topological polar surface area (TPSA) is 38.5 Å². The summed E-state index contributed by atoms with van der Waals surface area (Å²) in [5, 5.41) is 0.679. The van der Waals surface area contributed by atoms with Crippen molar-refractivity contribution in [1.82, 2.24) is 4.90 Å². The molecule has 1 saturated carbocycles. The van der Waals surface area contributed by atoms with Gasteiger partial charge in [0.15, 0.2) is 0 Å². The van der Waals surface area contributed by atoms with Gasteiger partial charge in [0.05, 0.1) is 5.02 Å². The lowest BCUT2D eigenvalue weighted by atomic mass is 9.73. The minimum Gasteiger partial charge on any atom is -0.486 e. The summed E-state index contributed by atoms with van der Waals surface area (Å²) in [7, 11) is 2.08. The van der Waals surface area contributed by atoms with Crippen molar-refractivity contribution in [2.75, 3.05) is 20.1 Å². The van der Waals surface area contributed by atoms with Crippen molar-refractivity contribution in [3.63, 3.8) is 0 Å². The molecule has 98 valence electrons. The fourth-order valence-electron chi connectivity index (χ4n) is 2.65. The number of hydrogen-bond acceptors (Lipinski definition) is 3. The molecule has 1 aliphatic heterocycles. The second-order valence-electron chi connectivity index (χ2n) is 5.62. The average Bonchev–Trinajstić information content (AvgIpc) is 2.26. The van der Waals surface area contributed by atoms with Gasteiger partial charge >= 0.3 is 0 Å². The molecular weight excluding hydrogens is 248 g/mol. The van der Waals surface area contributed by atoms with Crippen LogP contribution >= 0.6 is 11.6 Å². The van der Waals surface area contributed by atoms with Gasteiger partial charge in [0.25, 0.3) is 0 Å². The van der Waals surface area contributed by atoms with E-state index in [0.29, 0.717) is 5.02 Å². The third-order valence-electron chi connectivity index (χ3n) is 4.08. The van der Waals surface area contributed by atoms with Crippen molar-refractivity contribution in [3.05, 3.63) is 28.8 Å². The summed E-state index contributed by atoms with van der Waals surface area (Å²) in [5.41, 5.74) is 7.28. The third kappa shape index (κ3) is 2.11. The maximum absolute atomic E-state index is 6.29. The Morgan fingerprint density at radius 1 is 1.39 bits per heavy atom. The van der Waals surface area contributed by atoms with Crippen LogP contribution in [0.1, 0.15) is 24.8 Å². The second-order valence-corrected chi connectivity index (χ2v) is 6.02. The van der Waals surface area contributed by atoms with Crippen molar-refractivity contribution in [1.29, 1.82) is 0 Å². The van der Waals surface area contributed by atoms with E-state index in [4.69, 9.17) is 22.1 Å². The van der Waals surface area contributed by atoms with E-state index in [1.54, 1.807) is 0 Å². The normalized spacial score (nSPS) is 23.3. The lowest BCUT2D eigenvalue weighted by Gasteiger charge is -2.39. The number of ether oxygens (including phenoxy) is 1. The van der Waals surface area contributed by atoms with Gasteiger partial charge in [0, 0.05) is 18.6 Å². The van der Waals surface area contributed by atoms with Gasteiger partial charge < -0.3 is 10.5 Å². The van der Waals surface area contributed by atoms with Gasteiger partial charge in [-0.15, -0.1) is 0 Å². The van der Waals surface area contributed by atoms with Crippen LogP contribution in [-0.4, -0.2) is 31.1 Å². The van der Waals surface area contributed by atoms with Crippen LogP contribution in [0.4, 0.5) is 0 Å². The van der Waals surface area contributed by atoms with E-state index < -0.39 is 0 Å². The molecule has 1 aromatic carbocycles. The molecule has 1 heterocycles. The van der Waals surface area contributed by atoms with Crippen LogP contribution in [0.25, 0.3) is 0 Å². The average molecular weight is 267 g/mol. The Labute approximate surface area is 113 Å². The van der Waals surface area contributed by atoms with Crippen LogP contribution in [0.3, 0.4) is 0 Å². The Morgan fingerprint density at radius 2 is 2.11 bits per heavy atom. The second kappa shape index (κ2) is 4.41. The highest BCUT2D eigenvalue weighted by Crippen LogP contribution is 2.41. The van der Waals surface area contributed by atoms with Crippen molar-refractivity contribution in [2.45, 2.75) is 30.9 Å². The zero-order valence-corrected chi connectivity index (χ0v) is 11.4. The summed E-state index contributed by atoms with van der Waals surface area (Å²) in [6, 6.07) is 5.99. The summed E-state index contributed by atoms with van der Waals surface area (Å²) in [4.78, 5) is 2.22. The highest BCUT2D eigenvalue weighted by molar-refractivity contribution is 6.32. The molecule has 2 N–H and O–H groups in total. The maximum Gasteiger partial charge on any atom is 0.138 e. The molecule has 4 heteroatoms. The monoisotopic (exact) mass is 266 g/mol.